The fourth-order valence-corrected chi connectivity index (χ4v) is 5.13. The molecule has 5 heterocycles. The van der Waals surface area contributed by atoms with Gasteiger partial charge in [0, 0.05) is 30.5 Å². The molecule has 0 spiro atoms. The molecular weight excluding hydrogens is 457 g/mol. The van der Waals surface area contributed by atoms with Gasteiger partial charge in [0.1, 0.15) is 23.2 Å². The zero-order valence-electron chi connectivity index (χ0n) is 19.9. The summed E-state index contributed by atoms with van der Waals surface area (Å²) in [5.41, 5.74) is 3.02. The zero-order chi connectivity index (χ0) is 24.4. The van der Waals surface area contributed by atoms with Gasteiger partial charge in [0.15, 0.2) is 5.82 Å². The van der Waals surface area contributed by atoms with E-state index in [-0.39, 0.29) is 5.56 Å². The summed E-state index contributed by atoms with van der Waals surface area (Å²) in [6.07, 6.45) is 10.4. The second-order valence-corrected chi connectivity index (χ2v) is 9.75. The number of nitrogens with zero attached hydrogens (tertiary/aromatic N) is 7. The Morgan fingerprint density at radius 1 is 1.06 bits per heavy atom. The van der Waals surface area contributed by atoms with E-state index in [9.17, 15) is 4.79 Å². The van der Waals surface area contributed by atoms with Crippen molar-refractivity contribution >= 4 is 10.8 Å². The normalized spacial score (nSPS) is 15.4. The van der Waals surface area contributed by atoms with Crippen LogP contribution < -0.4 is 5.56 Å². The third-order valence-corrected chi connectivity index (χ3v) is 7.23. The number of benzene rings is 1. The van der Waals surface area contributed by atoms with Crippen LogP contribution in [0.4, 0.5) is 4.39 Å². The molecular formula is C27H24FN7O. The van der Waals surface area contributed by atoms with E-state index in [2.05, 4.69) is 24.7 Å². The molecule has 1 aromatic carbocycles. The first-order valence-electron chi connectivity index (χ1n) is 12.4. The number of imidazole rings is 1. The molecule has 0 radical (unpaired) electrons. The van der Waals surface area contributed by atoms with Crippen LogP contribution >= 0.6 is 0 Å². The number of aryl methyl sites for hydroxylation is 2. The molecule has 5 aromatic rings. The summed E-state index contributed by atoms with van der Waals surface area (Å²) in [5, 5.41) is 9.24. The molecule has 2 aliphatic rings. The van der Waals surface area contributed by atoms with Crippen LogP contribution in [0.1, 0.15) is 48.7 Å². The van der Waals surface area contributed by atoms with Crippen LogP contribution in [0.2, 0.25) is 0 Å². The Morgan fingerprint density at radius 3 is 2.81 bits per heavy atom. The van der Waals surface area contributed by atoms with Gasteiger partial charge in [-0.1, -0.05) is 6.07 Å². The Morgan fingerprint density at radius 2 is 1.94 bits per heavy atom. The van der Waals surface area contributed by atoms with E-state index in [1.807, 2.05) is 29.8 Å². The predicted octanol–water partition coefficient (Wildman–Crippen LogP) is 4.49. The van der Waals surface area contributed by atoms with Crippen LogP contribution in [0.15, 0.2) is 53.8 Å². The first-order valence-corrected chi connectivity index (χ1v) is 12.4. The molecule has 0 bridgehead atoms. The van der Waals surface area contributed by atoms with Gasteiger partial charge in [0.25, 0.3) is 5.56 Å². The maximum atomic E-state index is 15.3. The van der Waals surface area contributed by atoms with Gasteiger partial charge in [0.2, 0.25) is 0 Å². The van der Waals surface area contributed by atoms with Crippen LogP contribution in [0.3, 0.4) is 0 Å². The number of halogens is 1. The number of pyridine rings is 2. The van der Waals surface area contributed by atoms with Crippen molar-refractivity contribution in [2.24, 2.45) is 0 Å². The first kappa shape index (κ1) is 21.2. The van der Waals surface area contributed by atoms with E-state index in [1.165, 1.54) is 10.8 Å². The van der Waals surface area contributed by atoms with Gasteiger partial charge < -0.3 is 9.13 Å². The zero-order valence-corrected chi connectivity index (χ0v) is 19.9. The average Bonchev–Trinajstić information content (AvgIpc) is 3.47. The number of fused-ring (bicyclic) bond motifs is 2. The lowest BCUT2D eigenvalue weighted by molar-refractivity contribution is 0.525. The minimum Gasteiger partial charge on any atom is -0.310 e. The Bertz CT molecular complexity index is 1710. The predicted molar refractivity (Wildman–Crippen MR) is 133 cm³/mol. The third-order valence-electron chi connectivity index (χ3n) is 7.23. The molecule has 0 N–H and O–H groups in total. The molecule has 7 rings (SSSR count). The van der Waals surface area contributed by atoms with Gasteiger partial charge in [-0.25, -0.2) is 14.4 Å². The molecule has 9 heteroatoms. The summed E-state index contributed by atoms with van der Waals surface area (Å²) in [7, 11) is 0. The summed E-state index contributed by atoms with van der Waals surface area (Å²) in [6, 6.07) is 8.84. The van der Waals surface area contributed by atoms with Gasteiger partial charge in [-0.3, -0.25) is 9.36 Å². The number of hydrogen-bond acceptors (Lipinski definition) is 5. The van der Waals surface area contributed by atoms with Crippen LogP contribution in [0.25, 0.3) is 33.8 Å². The Labute approximate surface area is 206 Å². The third kappa shape index (κ3) is 3.37. The molecule has 1 saturated carbocycles. The SMILES string of the molecule is Cc1cc2c(F)cn(-c3cccc(-c4nnc5n4CCCC5)n3)c(=O)c2cc1-n1cnc(C2CC2)c1. The first-order chi connectivity index (χ1) is 17.6. The van der Waals surface area contributed by atoms with Crippen LogP contribution in [0, 0.1) is 12.7 Å². The highest BCUT2D eigenvalue weighted by atomic mass is 19.1. The number of hydrogen-bond donors (Lipinski definition) is 0. The fraction of sp³-hybridized carbons (Fsp3) is 0.296. The van der Waals surface area contributed by atoms with E-state index in [0.717, 1.165) is 61.4 Å². The molecule has 1 aliphatic heterocycles. The van der Waals surface area contributed by atoms with Crippen molar-refractivity contribution in [3.63, 3.8) is 0 Å². The second-order valence-electron chi connectivity index (χ2n) is 9.75. The molecule has 1 fully saturated rings. The van der Waals surface area contributed by atoms with Crippen molar-refractivity contribution in [1.82, 2.24) is 33.9 Å². The second kappa shape index (κ2) is 7.94. The minimum atomic E-state index is -0.476. The van der Waals surface area contributed by atoms with E-state index in [1.54, 1.807) is 24.5 Å². The highest BCUT2D eigenvalue weighted by Gasteiger charge is 2.26. The molecule has 4 aromatic heterocycles. The highest BCUT2D eigenvalue weighted by Crippen LogP contribution is 2.39. The molecule has 36 heavy (non-hydrogen) atoms. The lowest BCUT2D eigenvalue weighted by Crippen LogP contribution is -2.20. The van der Waals surface area contributed by atoms with Gasteiger partial charge in [-0.05, 0) is 62.4 Å². The van der Waals surface area contributed by atoms with E-state index in [0.29, 0.717) is 34.0 Å². The standard InChI is InChI=1S/C27H24FN7O/c1-16-11-18-19(12-23(16)33-14-22(29-15-33)17-8-9-17)27(36)35(13-20(18)28)24-7-4-5-21(30-24)26-32-31-25-6-2-3-10-34(25)26/h4-5,7,11-15,17H,2-3,6,8-10H2,1H3. The number of rotatable bonds is 4. The Balaban J connectivity index is 1.35. The van der Waals surface area contributed by atoms with Crippen molar-refractivity contribution < 1.29 is 4.39 Å². The summed E-state index contributed by atoms with van der Waals surface area (Å²) >= 11 is 0. The summed E-state index contributed by atoms with van der Waals surface area (Å²) in [5.74, 6) is 2.01. The smallest absolute Gasteiger partial charge is 0.264 e. The molecule has 1 aliphatic carbocycles. The van der Waals surface area contributed by atoms with Crippen molar-refractivity contribution in [3.8, 4) is 23.0 Å². The van der Waals surface area contributed by atoms with Crippen molar-refractivity contribution in [2.45, 2.75) is 51.5 Å². The maximum Gasteiger partial charge on any atom is 0.264 e. The Kier molecular flexibility index (Phi) is 4.67. The molecule has 0 atom stereocenters. The summed E-state index contributed by atoms with van der Waals surface area (Å²) in [6.45, 7) is 2.76. The fourth-order valence-electron chi connectivity index (χ4n) is 5.13. The van der Waals surface area contributed by atoms with Gasteiger partial charge in [0.05, 0.1) is 29.3 Å². The molecule has 8 nitrogen and oxygen atoms in total. The average molecular weight is 482 g/mol. The molecule has 0 saturated heterocycles. The van der Waals surface area contributed by atoms with E-state index < -0.39 is 5.82 Å². The van der Waals surface area contributed by atoms with Crippen LogP contribution in [-0.4, -0.2) is 33.9 Å². The van der Waals surface area contributed by atoms with Crippen molar-refractivity contribution in [2.75, 3.05) is 0 Å². The molecule has 0 unspecified atom stereocenters. The minimum absolute atomic E-state index is 0.294. The van der Waals surface area contributed by atoms with Crippen molar-refractivity contribution in [3.05, 3.63) is 82.3 Å². The molecule has 0 amide bonds. The lowest BCUT2D eigenvalue weighted by Gasteiger charge is -2.15. The summed E-state index contributed by atoms with van der Waals surface area (Å²) < 4.78 is 20.6. The van der Waals surface area contributed by atoms with Gasteiger partial charge in [-0.2, -0.15) is 0 Å². The number of aromatic nitrogens is 7. The molecule has 180 valence electrons. The summed E-state index contributed by atoms with van der Waals surface area (Å²) in [4.78, 5) is 22.8. The van der Waals surface area contributed by atoms with Gasteiger partial charge >= 0.3 is 0 Å². The van der Waals surface area contributed by atoms with E-state index in [4.69, 9.17) is 0 Å². The van der Waals surface area contributed by atoms with Crippen LogP contribution in [0.5, 0.6) is 0 Å². The highest BCUT2D eigenvalue weighted by molar-refractivity contribution is 5.85. The maximum absolute atomic E-state index is 15.3. The Hall–Kier alpha value is -4.14. The van der Waals surface area contributed by atoms with Gasteiger partial charge in [-0.15, -0.1) is 10.2 Å². The largest absolute Gasteiger partial charge is 0.310 e. The quantitative estimate of drug-likeness (QED) is 0.378. The topological polar surface area (TPSA) is 83.4 Å². The van der Waals surface area contributed by atoms with Crippen molar-refractivity contribution in [1.29, 1.82) is 0 Å². The lowest BCUT2D eigenvalue weighted by atomic mass is 10.1. The van der Waals surface area contributed by atoms with E-state index >= 15 is 4.39 Å². The van der Waals surface area contributed by atoms with Crippen LogP contribution in [-0.2, 0) is 13.0 Å². The monoisotopic (exact) mass is 481 g/mol.